The summed E-state index contributed by atoms with van der Waals surface area (Å²) in [7, 11) is -3.12. The molecule has 0 aliphatic heterocycles. The average Bonchev–Trinajstić information content (AvgIpc) is 2.62. The second kappa shape index (κ2) is 6.23. The molecule has 0 atom stereocenters. The third kappa shape index (κ3) is 5.91. The van der Waals surface area contributed by atoms with Gasteiger partial charge in [0.05, 0.1) is 17.7 Å². The van der Waals surface area contributed by atoms with Crippen LogP contribution in [0, 0.1) is 0 Å². The summed E-state index contributed by atoms with van der Waals surface area (Å²) >= 11 is 0. The number of aliphatic carboxylic acids is 1. The highest BCUT2D eigenvalue weighted by Gasteiger charge is 2.37. The molecule has 1 rings (SSSR count). The van der Waals surface area contributed by atoms with Gasteiger partial charge in [0.15, 0.2) is 0 Å². The van der Waals surface area contributed by atoms with Crippen molar-refractivity contribution in [1.82, 2.24) is 10.6 Å². The molecule has 1 aliphatic carbocycles. The van der Waals surface area contributed by atoms with Gasteiger partial charge in [0.2, 0.25) is 0 Å². The van der Waals surface area contributed by atoms with Crippen molar-refractivity contribution >= 4 is 21.8 Å². The largest absolute Gasteiger partial charge is 0.481 e. The van der Waals surface area contributed by atoms with Crippen LogP contribution in [-0.2, 0) is 14.6 Å². The van der Waals surface area contributed by atoms with Gasteiger partial charge in [-0.25, -0.2) is 13.2 Å². The fourth-order valence-electron chi connectivity index (χ4n) is 2.32. The fourth-order valence-corrected chi connectivity index (χ4v) is 2.80. The zero-order valence-corrected chi connectivity index (χ0v) is 11.8. The van der Waals surface area contributed by atoms with Crippen molar-refractivity contribution in [2.45, 2.75) is 37.6 Å². The number of sulfone groups is 1. The number of nitrogens with one attached hydrogen (secondary N) is 2. The molecule has 1 aliphatic rings. The monoisotopic (exact) mass is 292 g/mol. The normalized spacial score (nSPS) is 17.9. The molecule has 0 heterocycles. The van der Waals surface area contributed by atoms with Gasteiger partial charge in [-0.15, -0.1) is 0 Å². The predicted molar refractivity (Wildman–Crippen MR) is 69.7 cm³/mol. The molecule has 1 saturated carbocycles. The number of rotatable bonds is 6. The van der Waals surface area contributed by atoms with E-state index in [1.807, 2.05) is 0 Å². The second-order valence-electron chi connectivity index (χ2n) is 5.07. The molecule has 0 saturated heterocycles. The van der Waals surface area contributed by atoms with E-state index >= 15 is 0 Å². The molecule has 7 nitrogen and oxygen atoms in total. The molecular formula is C11H20N2O5S. The van der Waals surface area contributed by atoms with E-state index in [0.29, 0.717) is 12.8 Å². The highest BCUT2D eigenvalue weighted by Crippen LogP contribution is 2.32. The van der Waals surface area contributed by atoms with Crippen molar-refractivity contribution in [2.24, 2.45) is 0 Å². The molecule has 0 aromatic rings. The second-order valence-corrected chi connectivity index (χ2v) is 7.33. The number of amides is 2. The lowest BCUT2D eigenvalue weighted by molar-refractivity contribution is -0.138. The lowest BCUT2D eigenvalue weighted by atomic mass is 9.93. The number of urea groups is 1. The Bertz CT molecular complexity index is 440. The molecule has 19 heavy (non-hydrogen) atoms. The summed E-state index contributed by atoms with van der Waals surface area (Å²) in [4.78, 5) is 22.5. The Labute approximate surface area is 112 Å². The third-order valence-corrected chi connectivity index (χ3v) is 4.13. The zero-order valence-electron chi connectivity index (χ0n) is 10.9. The first-order chi connectivity index (χ1) is 8.72. The van der Waals surface area contributed by atoms with E-state index in [2.05, 4.69) is 10.6 Å². The van der Waals surface area contributed by atoms with Crippen molar-refractivity contribution in [3.8, 4) is 0 Å². The number of carboxylic acid groups (broad SMARTS) is 1. The van der Waals surface area contributed by atoms with Crippen LogP contribution in [0.1, 0.15) is 32.1 Å². The smallest absolute Gasteiger partial charge is 0.315 e. The maximum atomic E-state index is 11.7. The van der Waals surface area contributed by atoms with E-state index < -0.39 is 27.4 Å². The highest BCUT2D eigenvalue weighted by molar-refractivity contribution is 7.90. The van der Waals surface area contributed by atoms with E-state index in [4.69, 9.17) is 5.11 Å². The summed E-state index contributed by atoms with van der Waals surface area (Å²) in [5.41, 5.74) is -0.693. The molecule has 2 amide bonds. The molecule has 0 aromatic heterocycles. The van der Waals surface area contributed by atoms with Crippen molar-refractivity contribution in [3.63, 3.8) is 0 Å². The molecule has 0 bridgehead atoms. The van der Waals surface area contributed by atoms with E-state index in [0.717, 1.165) is 19.1 Å². The number of carbonyl (C=O) groups is 2. The molecule has 0 unspecified atom stereocenters. The van der Waals surface area contributed by atoms with Gasteiger partial charge in [-0.1, -0.05) is 12.8 Å². The van der Waals surface area contributed by atoms with Crippen LogP contribution in [0.4, 0.5) is 4.79 Å². The Hall–Kier alpha value is -1.31. The Morgan fingerprint density at radius 3 is 2.32 bits per heavy atom. The van der Waals surface area contributed by atoms with Crippen molar-refractivity contribution in [2.75, 3.05) is 18.6 Å². The molecular weight excluding hydrogens is 272 g/mol. The maximum absolute atomic E-state index is 11.7. The third-order valence-electron chi connectivity index (χ3n) is 3.19. The SMILES string of the molecule is CS(=O)(=O)CCNC(=O)NC1(CC(=O)O)CCCC1. The zero-order chi connectivity index (χ0) is 14.5. The van der Waals surface area contributed by atoms with E-state index in [-0.39, 0.29) is 18.7 Å². The van der Waals surface area contributed by atoms with Gasteiger partial charge in [0.1, 0.15) is 9.84 Å². The number of hydrogen-bond acceptors (Lipinski definition) is 4. The quantitative estimate of drug-likeness (QED) is 0.643. The summed E-state index contributed by atoms with van der Waals surface area (Å²) in [5.74, 6) is -1.08. The van der Waals surface area contributed by atoms with Gasteiger partial charge < -0.3 is 15.7 Å². The first-order valence-corrected chi connectivity index (χ1v) is 8.24. The minimum atomic E-state index is -3.12. The summed E-state index contributed by atoms with van der Waals surface area (Å²) < 4.78 is 21.8. The van der Waals surface area contributed by atoms with Gasteiger partial charge >= 0.3 is 12.0 Å². The Kier molecular flexibility index (Phi) is 5.16. The lowest BCUT2D eigenvalue weighted by Crippen LogP contribution is -2.52. The first-order valence-electron chi connectivity index (χ1n) is 6.18. The topological polar surface area (TPSA) is 113 Å². The van der Waals surface area contributed by atoms with Crippen LogP contribution < -0.4 is 10.6 Å². The molecule has 1 fully saturated rings. The van der Waals surface area contributed by atoms with Crippen LogP contribution in [0.15, 0.2) is 0 Å². The van der Waals surface area contributed by atoms with Crippen LogP contribution in [0.25, 0.3) is 0 Å². The van der Waals surface area contributed by atoms with Crippen LogP contribution in [0.2, 0.25) is 0 Å². The van der Waals surface area contributed by atoms with E-state index in [1.165, 1.54) is 0 Å². The van der Waals surface area contributed by atoms with Crippen LogP contribution in [0.3, 0.4) is 0 Å². The lowest BCUT2D eigenvalue weighted by Gasteiger charge is -2.28. The minimum absolute atomic E-state index is 0.0216. The number of carbonyl (C=O) groups excluding carboxylic acids is 1. The van der Waals surface area contributed by atoms with Gasteiger partial charge in [-0.2, -0.15) is 0 Å². The molecule has 0 spiro atoms. The van der Waals surface area contributed by atoms with E-state index in [1.54, 1.807) is 0 Å². The first kappa shape index (κ1) is 15.7. The standard InChI is InChI=1S/C11H20N2O5S/c1-19(17,18)7-6-12-10(16)13-11(8-9(14)15)4-2-3-5-11/h2-8H2,1H3,(H,14,15)(H2,12,13,16). The summed E-state index contributed by atoms with van der Waals surface area (Å²) in [6.45, 7) is 0.0216. The molecule has 8 heteroatoms. The van der Waals surface area contributed by atoms with Crippen LogP contribution >= 0.6 is 0 Å². The Morgan fingerprint density at radius 2 is 1.84 bits per heavy atom. The highest BCUT2D eigenvalue weighted by atomic mass is 32.2. The maximum Gasteiger partial charge on any atom is 0.315 e. The molecule has 110 valence electrons. The summed E-state index contributed by atoms with van der Waals surface area (Å²) in [5, 5.41) is 14.0. The van der Waals surface area contributed by atoms with Crippen molar-refractivity contribution in [3.05, 3.63) is 0 Å². The molecule has 0 radical (unpaired) electrons. The Balaban J connectivity index is 2.46. The van der Waals surface area contributed by atoms with Crippen molar-refractivity contribution in [1.29, 1.82) is 0 Å². The van der Waals surface area contributed by atoms with Gasteiger partial charge in [0, 0.05) is 12.8 Å². The van der Waals surface area contributed by atoms with E-state index in [9.17, 15) is 18.0 Å². The number of hydrogen-bond donors (Lipinski definition) is 3. The molecule has 0 aromatic carbocycles. The van der Waals surface area contributed by atoms with Gasteiger partial charge in [-0.05, 0) is 12.8 Å². The van der Waals surface area contributed by atoms with Crippen molar-refractivity contribution < 1.29 is 23.1 Å². The Morgan fingerprint density at radius 1 is 1.26 bits per heavy atom. The summed E-state index contributed by atoms with van der Waals surface area (Å²) in [6, 6.07) is -0.508. The van der Waals surface area contributed by atoms with Gasteiger partial charge in [0.25, 0.3) is 0 Å². The predicted octanol–water partition coefficient (Wildman–Crippen LogP) is 0.118. The molecule has 3 N–H and O–H groups in total. The minimum Gasteiger partial charge on any atom is -0.481 e. The average molecular weight is 292 g/mol. The van der Waals surface area contributed by atoms with Crippen LogP contribution in [0.5, 0.6) is 0 Å². The summed E-state index contributed by atoms with van der Waals surface area (Å²) in [6.07, 6.45) is 4.04. The fraction of sp³-hybridized carbons (Fsp3) is 0.818. The number of carboxylic acids is 1. The van der Waals surface area contributed by atoms with Crippen LogP contribution in [-0.4, -0.2) is 49.6 Å². The van der Waals surface area contributed by atoms with Gasteiger partial charge in [-0.3, -0.25) is 4.79 Å².